The molecular formula is C24H26FN7O. The van der Waals surface area contributed by atoms with Gasteiger partial charge in [-0.05, 0) is 42.7 Å². The zero-order valence-electron chi connectivity index (χ0n) is 18.5. The minimum Gasteiger partial charge on any atom is -0.349 e. The summed E-state index contributed by atoms with van der Waals surface area (Å²) in [4.78, 5) is 19.8. The number of piperidine rings is 1. The van der Waals surface area contributed by atoms with E-state index in [1.165, 1.54) is 12.1 Å². The van der Waals surface area contributed by atoms with Gasteiger partial charge in [-0.15, -0.1) is 10.2 Å². The molecule has 0 bridgehead atoms. The first kappa shape index (κ1) is 21.1. The number of para-hydroxylation sites is 2. The summed E-state index contributed by atoms with van der Waals surface area (Å²) in [5.74, 6) is 1.39. The number of aromatic nitrogens is 5. The standard InChI is InChI=1S/C24H26FN7O/c1-30-16-27-29-22(30)14-26-23(33)18-10-12-31(13-11-18)24-28-20-4-2-3-5-21(20)32(24)15-17-6-8-19(25)9-7-17/h2-9,16,18H,10-15H2,1H3,(H,26,33). The number of amides is 1. The van der Waals surface area contributed by atoms with Gasteiger partial charge < -0.3 is 19.4 Å². The van der Waals surface area contributed by atoms with Gasteiger partial charge in [-0.1, -0.05) is 24.3 Å². The average Bonchev–Trinajstić information content (AvgIpc) is 3.42. The Kier molecular flexibility index (Phi) is 5.77. The summed E-state index contributed by atoms with van der Waals surface area (Å²) in [5.41, 5.74) is 2.98. The summed E-state index contributed by atoms with van der Waals surface area (Å²) in [5, 5.41) is 10.8. The highest BCUT2D eigenvalue weighted by molar-refractivity contribution is 5.80. The Bertz CT molecular complexity index is 1260. The third kappa shape index (κ3) is 4.44. The van der Waals surface area contributed by atoms with Crippen molar-refractivity contribution in [2.45, 2.75) is 25.9 Å². The maximum absolute atomic E-state index is 13.4. The molecule has 0 spiro atoms. The molecule has 9 heteroatoms. The van der Waals surface area contributed by atoms with E-state index < -0.39 is 0 Å². The van der Waals surface area contributed by atoms with Gasteiger partial charge in [0.2, 0.25) is 11.9 Å². The second-order valence-electron chi connectivity index (χ2n) is 8.45. The summed E-state index contributed by atoms with van der Waals surface area (Å²) in [6, 6.07) is 14.6. The van der Waals surface area contributed by atoms with Crippen LogP contribution in [0.25, 0.3) is 11.0 Å². The van der Waals surface area contributed by atoms with Crippen molar-refractivity contribution in [1.29, 1.82) is 0 Å². The van der Waals surface area contributed by atoms with Crippen molar-refractivity contribution in [1.82, 2.24) is 29.6 Å². The Balaban J connectivity index is 1.29. The van der Waals surface area contributed by atoms with E-state index in [-0.39, 0.29) is 17.6 Å². The van der Waals surface area contributed by atoms with E-state index in [0.29, 0.717) is 13.1 Å². The molecule has 0 radical (unpaired) electrons. The minimum atomic E-state index is -0.242. The van der Waals surface area contributed by atoms with Gasteiger partial charge in [0.05, 0.1) is 24.1 Å². The van der Waals surface area contributed by atoms with Gasteiger partial charge in [0.25, 0.3) is 0 Å². The number of nitrogens with one attached hydrogen (secondary N) is 1. The fourth-order valence-corrected chi connectivity index (χ4v) is 4.35. The van der Waals surface area contributed by atoms with E-state index >= 15 is 0 Å². The van der Waals surface area contributed by atoms with Crippen LogP contribution in [0.1, 0.15) is 24.2 Å². The molecular weight excluding hydrogens is 421 g/mol. The van der Waals surface area contributed by atoms with Crippen LogP contribution < -0.4 is 10.2 Å². The van der Waals surface area contributed by atoms with Gasteiger partial charge >= 0.3 is 0 Å². The molecule has 3 heterocycles. The predicted molar refractivity (Wildman–Crippen MR) is 123 cm³/mol. The van der Waals surface area contributed by atoms with Crippen molar-refractivity contribution >= 4 is 22.9 Å². The number of carbonyl (C=O) groups excluding carboxylic acids is 1. The van der Waals surface area contributed by atoms with Crippen molar-refractivity contribution in [3.8, 4) is 0 Å². The van der Waals surface area contributed by atoms with Crippen LogP contribution >= 0.6 is 0 Å². The first-order valence-corrected chi connectivity index (χ1v) is 11.1. The molecule has 0 atom stereocenters. The molecule has 1 aliphatic rings. The first-order valence-electron chi connectivity index (χ1n) is 11.1. The fraction of sp³-hybridized carbons (Fsp3) is 0.333. The Morgan fingerprint density at radius 3 is 2.61 bits per heavy atom. The lowest BCUT2D eigenvalue weighted by molar-refractivity contribution is -0.125. The second-order valence-corrected chi connectivity index (χ2v) is 8.45. The highest BCUT2D eigenvalue weighted by atomic mass is 19.1. The van der Waals surface area contributed by atoms with Crippen LogP contribution in [-0.2, 0) is 24.9 Å². The topological polar surface area (TPSA) is 80.9 Å². The molecule has 2 aromatic heterocycles. The number of anilines is 1. The average molecular weight is 448 g/mol. The second kappa shape index (κ2) is 9.01. The number of aryl methyl sites for hydroxylation is 1. The number of hydrogen-bond acceptors (Lipinski definition) is 5. The lowest BCUT2D eigenvalue weighted by atomic mass is 9.96. The number of benzene rings is 2. The molecule has 1 aliphatic heterocycles. The van der Waals surface area contributed by atoms with Gasteiger partial charge in [0.15, 0.2) is 5.82 Å². The molecule has 0 saturated carbocycles. The Hall–Kier alpha value is -3.75. The number of carbonyl (C=O) groups is 1. The smallest absolute Gasteiger partial charge is 0.223 e. The van der Waals surface area contributed by atoms with E-state index in [0.717, 1.165) is 54.3 Å². The molecule has 33 heavy (non-hydrogen) atoms. The third-order valence-electron chi connectivity index (χ3n) is 6.26. The van der Waals surface area contributed by atoms with Crippen LogP contribution in [0.3, 0.4) is 0 Å². The molecule has 4 aromatic rings. The molecule has 0 unspecified atom stereocenters. The lowest BCUT2D eigenvalue weighted by Gasteiger charge is -2.32. The van der Waals surface area contributed by atoms with E-state index in [2.05, 4.69) is 31.0 Å². The van der Waals surface area contributed by atoms with E-state index in [1.54, 1.807) is 10.9 Å². The first-order chi connectivity index (χ1) is 16.1. The van der Waals surface area contributed by atoms with Crippen molar-refractivity contribution in [3.63, 3.8) is 0 Å². The summed E-state index contributed by atoms with van der Waals surface area (Å²) < 4.78 is 17.4. The molecule has 1 fully saturated rings. The van der Waals surface area contributed by atoms with Gasteiger partial charge in [0, 0.05) is 26.1 Å². The number of fused-ring (bicyclic) bond motifs is 1. The Labute approximate surface area is 191 Å². The third-order valence-corrected chi connectivity index (χ3v) is 6.26. The summed E-state index contributed by atoms with van der Waals surface area (Å²) in [7, 11) is 1.86. The Morgan fingerprint density at radius 2 is 1.88 bits per heavy atom. The molecule has 5 rings (SSSR count). The van der Waals surface area contributed by atoms with Gasteiger partial charge in [0.1, 0.15) is 12.1 Å². The summed E-state index contributed by atoms with van der Waals surface area (Å²) in [6.07, 6.45) is 3.13. The van der Waals surface area contributed by atoms with Crippen LogP contribution in [-0.4, -0.2) is 43.3 Å². The highest BCUT2D eigenvalue weighted by Gasteiger charge is 2.28. The maximum atomic E-state index is 13.4. The van der Waals surface area contributed by atoms with Gasteiger partial charge in [-0.3, -0.25) is 4.79 Å². The molecule has 8 nitrogen and oxygen atoms in total. The SMILES string of the molecule is Cn1cnnc1CNC(=O)C1CCN(c2nc3ccccc3n2Cc2ccc(F)cc2)CC1. The molecule has 1 N–H and O–H groups in total. The number of hydrogen-bond donors (Lipinski definition) is 1. The van der Waals surface area contributed by atoms with E-state index in [4.69, 9.17) is 4.98 Å². The quantitative estimate of drug-likeness (QED) is 0.492. The zero-order chi connectivity index (χ0) is 22.8. The van der Waals surface area contributed by atoms with Gasteiger partial charge in [-0.25, -0.2) is 9.37 Å². The van der Waals surface area contributed by atoms with Crippen LogP contribution in [0.5, 0.6) is 0 Å². The fourth-order valence-electron chi connectivity index (χ4n) is 4.35. The number of halogens is 1. The van der Waals surface area contributed by atoms with Crippen molar-refractivity contribution in [3.05, 3.63) is 72.1 Å². The van der Waals surface area contributed by atoms with Crippen LogP contribution in [0.2, 0.25) is 0 Å². The number of nitrogens with zero attached hydrogens (tertiary/aromatic N) is 6. The van der Waals surface area contributed by atoms with Crippen LogP contribution in [0.15, 0.2) is 54.9 Å². The molecule has 1 saturated heterocycles. The number of rotatable bonds is 6. The monoisotopic (exact) mass is 447 g/mol. The van der Waals surface area contributed by atoms with Gasteiger partial charge in [-0.2, -0.15) is 0 Å². The van der Waals surface area contributed by atoms with Crippen molar-refractivity contribution in [2.24, 2.45) is 13.0 Å². The highest BCUT2D eigenvalue weighted by Crippen LogP contribution is 2.28. The molecule has 1 amide bonds. The Morgan fingerprint density at radius 1 is 1.12 bits per heavy atom. The zero-order valence-corrected chi connectivity index (χ0v) is 18.5. The van der Waals surface area contributed by atoms with Crippen LogP contribution in [0, 0.1) is 11.7 Å². The van der Waals surface area contributed by atoms with E-state index in [9.17, 15) is 9.18 Å². The van der Waals surface area contributed by atoms with Crippen molar-refractivity contribution < 1.29 is 9.18 Å². The van der Waals surface area contributed by atoms with E-state index in [1.807, 2.05) is 37.4 Å². The summed E-state index contributed by atoms with van der Waals surface area (Å²) >= 11 is 0. The lowest BCUT2D eigenvalue weighted by Crippen LogP contribution is -2.41. The maximum Gasteiger partial charge on any atom is 0.223 e. The molecule has 2 aromatic carbocycles. The largest absolute Gasteiger partial charge is 0.349 e. The van der Waals surface area contributed by atoms with Crippen molar-refractivity contribution in [2.75, 3.05) is 18.0 Å². The minimum absolute atomic E-state index is 0.0376. The normalized spacial score (nSPS) is 14.7. The molecule has 0 aliphatic carbocycles. The molecule has 170 valence electrons. The predicted octanol–water partition coefficient (Wildman–Crippen LogP) is 2.89. The summed E-state index contributed by atoms with van der Waals surface area (Å²) in [6.45, 7) is 2.47. The van der Waals surface area contributed by atoms with Crippen LogP contribution in [0.4, 0.5) is 10.3 Å². The number of imidazole rings is 1.